The number of halogens is 3. The van der Waals surface area contributed by atoms with Crippen molar-refractivity contribution in [1.82, 2.24) is 0 Å². The summed E-state index contributed by atoms with van der Waals surface area (Å²) in [6, 6.07) is 10.5. The number of alkyl halides is 3. The average molecular weight is 317 g/mol. The largest absolute Gasteiger partial charge is 0.501 e. The van der Waals surface area contributed by atoms with Crippen LogP contribution >= 0.6 is 0 Å². The van der Waals surface area contributed by atoms with Crippen LogP contribution in [0.4, 0.5) is 18.9 Å². The van der Waals surface area contributed by atoms with Crippen LogP contribution in [0.1, 0.15) is 0 Å². The first-order chi connectivity index (χ1) is 9.72. The second-order valence-corrected chi connectivity index (χ2v) is 6.00. The predicted octanol–water partition coefficient (Wildman–Crippen LogP) is 3.35. The molecular weight excluding hydrogens is 307 g/mol. The molecule has 21 heavy (non-hydrogen) atoms. The van der Waals surface area contributed by atoms with Gasteiger partial charge in [-0.15, -0.1) is 0 Å². The summed E-state index contributed by atoms with van der Waals surface area (Å²) in [5.41, 5.74) is 0.672. The number of hydrogen-bond donors (Lipinski definition) is 1. The van der Waals surface area contributed by atoms with Crippen molar-refractivity contribution in [3.8, 4) is 11.5 Å². The number of ether oxygens (including phenoxy) is 1. The van der Waals surface area contributed by atoms with Gasteiger partial charge in [-0.2, -0.15) is 13.2 Å². The molecule has 4 nitrogen and oxygen atoms in total. The zero-order chi connectivity index (χ0) is 15.7. The molecule has 0 aromatic heterocycles. The molecule has 0 heterocycles. The van der Waals surface area contributed by atoms with Crippen molar-refractivity contribution < 1.29 is 26.3 Å². The molecule has 0 atom stereocenters. The molecule has 0 unspecified atom stereocenters. The zero-order valence-electron chi connectivity index (χ0n) is 10.5. The van der Waals surface area contributed by atoms with Gasteiger partial charge in [0.25, 0.3) is 9.84 Å². The lowest BCUT2D eigenvalue weighted by molar-refractivity contribution is -0.0436. The van der Waals surface area contributed by atoms with E-state index in [1.54, 1.807) is 24.3 Å². The molecule has 0 fully saturated rings. The van der Waals surface area contributed by atoms with Crippen LogP contribution in [0.3, 0.4) is 0 Å². The van der Waals surface area contributed by atoms with Gasteiger partial charge >= 0.3 is 5.51 Å². The van der Waals surface area contributed by atoms with E-state index in [0.717, 1.165) is 24.3 Å². The van der Waals surface area contributed by atoms with Crippen molar-refractivity contribution in [3.05, 3.63) is 48.5 Å². The van der Waals surface area contributed by atoms with E-state index in [4.69, 9.17) is 10.5 Å². The topological polar surface area (TPSA) is 69.4 Å². The van der Waals surface area contributed by atoms with Crippen LogP contribution in [0.2, 0.25) is 0 Å². The molecule has 2 rings (SSSR count). The lowest BCUT2D eigenvalue weighted by Crippen LogP contribution is -2.23. The molecular formula is C13H10F3NO3S. The van der Waals surface area contributed by atoms with Crippen molar-refractivity contribution in [1.29, 1.82) is 0 Å². The predicted molar refractivity (Wildman–Crippen MR) is 70.6 cm³/mol. The minimum atomic E-state index is -5.35. The molecule has 0 aliphatic heterocycles. The van der Waals surface area contributed by atoms with Crippen LogP contribution in [0.15, 0.2) is 53.4 Å². The number of nitrogens with two attached hydrogens (primary N) is 1. The summed E-state index contributed by atoms with van der Waals surface area (Å²) in [5.74, 6) is 0.498. The fourth-order valence-electron chi connectivity index (χ4n) is 1.52. The van der Waals surface area contributed by atoms with E-state index >= 15 is 0 Å². The van der Waals surface area contributed by atoms with Crippen LogP contribution in [-0.2, 0) is 9.84 Å². The van der Waals surface area contributed by atoms with Crippen molar-refractivity contribution in [2.24, 2.45) is 0 Å². The van der Waals surface area contributed by atoms with Crippen molar-refractivity contribution in [2.45, 2.75) is 10.4 Å². The van der Waals surface area contributed by atoms with Gasteiger partial charge < -0.3 is 10.5 Å². The quantitative estimate of drug-likeness (QED) is 0.881. The molecule has 2 aromatic carbocycles. The maximum Gasteiger partial charge on any atom is 0.501 e. The van der Waals surface area contributed by atoms with E-state index in [9.17, 15) is 21.6 Å². The van der Waals surface area contributed by atoms with Crippen LogP contribution in [0.5, 0.6) is 11.5 Å². The van der Waals surface area contributed by atoms with Crippen LogP contribution in [-0.4, -0.2) is 13.9 Å². The summed E-state index contributed by atoms with van der Waals surface area (Å²) in [7, 11) is -5.35. The Bertz CT molecular complexity index is 740. The van der Waals surface area contributed by atoms with E-state index in [2.05, 4.69) is 0 Å². The van der Waals surface area contributed by atoms with Gasteiger partial charge in [0.1, 0.15) is 11.5 Å². The molecule has 2 N–H and O–H groups in total. The highest BCUT2D eigenvalue weighted by molar-refractivity contribution is 7.92. The molecule has 0 bridgehead atoms. The summed E-state index contributed by atoms with van der Waals surface area (Å²) in [5, 5.41) is 0. The number of para-hydroxylation sites is 2. The Morgan fingerprint density at radius 3 is 2.05 bits per heavy atom. The first-order valence-electron chi connectivity index (χ1n) is 5.65. The fourth-order valence-corrected chi connectivity index (χ4v) is 2.28. The normalized spacial score (nSPS) is 12.1. The van der Waals surface area contributed by atoms with E-state index in [1.165, 1.54) is 0 Å². The van der Waals surface area contributed by atoms with Gasteiger partial charge in [0, 0.05) is 0 Å². The monoisotopic (exact) mass is 317 g/mol. The lowest BCUT2D eigenvalue weighted by Gasteiger charge is -2.10. The standard InChI is InChI=1S/C13H10F3NO3S/c14-13(15,16)21(18,19)10-7-5-9(6-8-10)20-12-4-2-1-3-11(12)17/h1-8H,17H2. The number of sulfone groups is 1. The zero-order valence-corrected chi connectivity index (χ0v) is 11.3. The number of nitrogen functional groups attached to an aromatic ring is 1. The molecule has 2 aromatic rings. The first kappa shape index (κ1) is 15.2. The highest BCUT2D eigenvalue weighted by Crippen LogP contribution is 2.32. The average Bonchev–Trinajstić information content (AvgIpc) is 2.41. The third-order valence-electron chi connectivity index (χ3n) is 2.59. The molecule has 0 radical (unpaired) electrons. The molecule has 112 valence electrons. The third kappa shape index (κ3) is 3.10. The lowest BCUT2D eigenvalue weighted by atomic mass is 10.3. The maximum absolute atomic E-state index is 12.4. The summed E-state index contributed by atoms with van der Waals surface area (Å²) in [6.07, 6.45) is 0. The molecule has 0 saturated heterocycles. The van der Waals surface area contributed by atoms with Gasteiger partial charge in [-0.1, -0.05) is 12.1 Å². The number of anilines is 1. The number of benzene rings is 2. The first-order valence-corrected chi connectivity index (χ1v) is 7.14. The second kappa shape index (κ2) is 5.28. The van der Waals surface area contributed by atoms with Gasteiger partial charge in [0.05, 0.1) is 10.6 Å². The summed E-state index contributed by atoms with van der Waals surface area (Å²) in [6.45, 7) is 0. The number of hydrogen-bond acceptors (Lipinski definition) is 4. The van der Waals surface area contributed by atoms with Crippen molar-refractivity contribution >= 4 is 15.5 Å². The van der Waals surface area contributed by atoms with Crippen LogP contribution < -0.4 is 10.5 Å². The van der Waals surface area contributed by atoms with Crippen LogP contribution in [0, 0.1) is 0 Å². The summed E-state index contributed by atoms with van der Waals surface area (Å²) >= 11 is 0. The van der Waals surface area contributed by atoms with Gasteiger partial charge in [-0.05, 0) is 36.4 Å². The van der Waals surface area contributed by atoms with Gasteiger partial charge in [0.2, 0.25) is 0 Å². The molecule has 0 saturated carbocycles. The molecule has 0 spiro atoms. The minimum Gasteiger partial charge on any atom is -0.455 e. The van der Waals surface area contributed by atoms with E-state index in [0.29, 0.717) is 11.4 Å². The molecule has 0 aliphatic carbocycles. The van der Waals surface area contributed by atoms with Crippen molar-refractivity contribution in [2.75, 3.05) is 5.73 Å². The molecule has 8 heteroatoms. The Hall–Kier alpha value is -2.22. The highest BCUT2D eigenvalue weighted by Gasteiger charge is 2.46. The van der Waals surface area contributed by atoms with Gasteiger partial charge in [-0.25, -0.2) is 8.42 Å². The number of rotatable bonds is 3. The molecule has 0 aliphatic rings. The third-order valence-corrected chi connectivity index (χ3v) is 4.09. The Labute approximate surface area is 118 Å². The van der Waals surface area contributed by atoms with Crippen LogP contribution in [0.25, 0.3) is 0 Å². The second-order valence-electron chi connectivity index (χ2n) is 4.06. The minimum absolute atomic E-state index is 0.175. The Kier molecular flexibility index (Phi) is 3.82. The van der Waals surface area contributed by atoms with E-state index in [-0.39, 0.29) is 5.75 Å². The SMILES string of the molecule is Nc1ccccc1Oc1ccc(S(=O)(=O)C(F)(F)F)cc1. The maximum atomic E-state index is 12.4. The Morgan fingerprint density at radius 2 is 1.52 bits per heavy atom. The fraction of sp³-hybridized carbons (Fsp3) is 0.0769. The van der Waals surface area contributed by atoms with Gasteiger partial charge in [0.15, 0.2) is 0 Å². The Morgan fingerprint density at radius 1 is 0.952 bits per heavy atom. The van der Waals surface area contributed by atoms with E-state index < -0.39 is 20.2 Å². The van der Waals surface area contributed by atoms with Crippen molar-refractivity contribution in [3.63, 3.8) is 0 Å². The smallest absolute Gasteiger partial charge is 0.455 e. The van der Waals surface area contributed by atoms with Gasteiger partial charge in [-0.3, -0.25) is 0 Å². The summed E-state index contributed by atoms with van der Waals surface area (Å²) in [4.78, 5) is -0.844. The van der Waals surface area contributed by atoms with E-state index in [1.807, 2.05) is 0 Å². The highest BCUT2D eigenvalue weighted by atomic mass is 32.2. The Balaban J connectivity index is 2.27. The molecule has 0 amide bonds. The summed E-state index contributed by atoms with van der Waals surface area (Å²) < 4.78 is 64.9.